The maximum Gasteiger partial charge on any atom is 0.416 e. The van der Waals surface area contributed by atoms with Gasteiger partial charge in [-0.05, 0) is 63.2 Å². The van der Waals surface area contributed by atoms with E-state index >= 15 is 0 Å². The zero-order valence-corrected chi connectivity index (χ0v) is 23.0. The molecule has 0 radical (unpaired) electrons. The summed E-state index contributed by atoms with van der Waals surface area (Å²) in [5.74, 6) is -0.517. The normalized spacial score (nSPS) is 14.6. The van der Waals surface area contributed by atoms with Gasteiger partial charge in [-0.25, -0.2) is 4.68 Å². The first kappa shape index (κ1) is 27.4. The van der Waals surface area contributed by atoms with Crippen molar-refractivity contribution in [3.05, 3.63) is 70.7 Å². The van der Waals surface area contributed by atoms with Gasteiger partial charge in [-0.15, -0.1) is 5.10 Å². The summed E-state index contributed by atoms with van der Waals surface area (Å²) in [5, 5.41) is 15.5. The average molecular weight is 553 g/mol. The average Bonchev–Trinajstić information content (AvgIpc) is 3.52. The van der Waals surface area contributed by atoms with Crippen LogP contribution in [0.1, 0.15) is 32.7 Å². The van der Waals surface area contributed by atoms with Gasteiger partial charge in [-0.1, -0.05) is 11.3 Å². The van der Waals surface area contributed by atoms with Crippen molar-refractivity contribution in [1.82, 2.24) is 29.7 Å². The molecule has 1 aliphatic heterocycles. The number of piperazine rings is 1. The molecule has 2 aromatic heterocycles. The highest BCUT2D eigenvalue weighted by atomic mass is 19.4. The number of hydrogen-bond donors (Lipinski definition) is 1. The van der Waals surface area contributed by atoms with Crippen LogP contribution in [-0.4, -0.2) is 68.8 Å². The number of hydrogen-bond acceptors (Lipinski definition) is 6. The summed E-state index contributed by atoms with van der Waals surface area (Å²) >= 11 is 0. The van der Waals surface area contributed by atoms with Crippen LogP contribution in [-0.2, 0) is 13.2 Å². The molecule has 4 aromatic rings. The Hall–Kier alpha value is -4.19. The van der Waals surface area contributed by atoms with Crippen molar-refractivity contribution in [3.8, 4) is 16.9 Å². The van der Waals surface area contributed by atoms with Gasteiger partial charge < -0.3 is 15.1 Å². The van der Waals surface area contributed by atoms with E-state index in [2.05, 4.69) is 25.6 Å². The molecular formula is C28H31F3N8O. The summed E-state index contributed by atoms with van der Waals surface area (Å²) in [6.45, 7) is 8.25. The number of carbonyl (C=O) groups is 1. The lowest BCUT2D eigenvalue weighted by Crippen LogP contribution is -2.44. The Labute approximate surface area is 230 Å². The molecule has 0 unspecified atom stereocenters. The second kappa shape index (κ2) is 10.4. The molecule has 3 heterocycles. The van der Waals surface area contributed by atoms with Gasteiger partial charge in [0.15, 0.2) is 0 Å². The van der Waals surface area contributed by atoms with E-state index in [4.69, 9.17) is 0 Å². The zero-order valence-electron chi connectivity index (χ0n) is 23.0. The molecular weight excluding hydrogens is 521 g/mol. The van der Waals surface area contributed by atoms with E-state index in [1.54, 1.807) is 46.9 Å². The van der Waals surface area contributed by atoms with Crippen LogP contribution < -0.4 is 10.2 Å². The minimum absolute atomic E-state index is 0.131. The van der Waals surface area contributed by atoms with Crippen molar-refractivity contribution in [2.75, 3.05) is 43.4 Å². The lowest BCUT2D eigenvalue weighted by Gasteiger charge is -2.35. The lowest BCUT2D eigenvalue weighted by molar-refractivity contribution is -0.137. The highest BCUT2D eigenvalue weighted by Gasteiger charge is 2.33. The second-order valence-electron chi connectivity index (χ2n) is 10.2. The fraction of sp³-hybridized carbons (Fsp3) is 0.357. The van der Waals surface area contributed by atoms with Gasteiger partial charge in [0.25, 0.3) is 5.91 Å². The number of aryl methyl sites for hydroxylation is 2. The van der Waals surface area contributed by atoms with Gasteiger partial charge in [0.1, 0.15) is 5.69 Å². The molecule has 1 fully saturated rings. The van der Waals surface area contributed by atoms with E-state index in [-0.39, 0.29) is 11.3 Å². The van der Waals surface area contributed by atoms with Crippen LogP contribution in [0, 0.1) is 20.8 Å². The molecule has 9 nitrogen and oxygen atoms in total. The highest BCUT2D eigenvalue weighted by Crippen LogP contribution is 2.38. The maximum atomic E-state index is 13.8. The number of likely N-dealkylation sites (N-methyl/N-ethyl adjacent to an activating group) is 1. The first-order valence-corrected chi connectivity index (χ1v) is 12.9. The van der Waals surface area contributed by atoms with Crippen molar-refractivity contribution in [3.63, 3.8) is 0 Å². The lowest BCUT2D eigenvalue weighted by atomic mass is 10.0. The SMILES string of the molecule is Cc1ccc(C(=O)Nc2cc(C(F)(F)F)cc(N3CCN(C)CC3)c2C)cc1-n1cc(-c2cnn(C)c2C)nn1. The van der Waals surface area contributed by atoms with Crippen molar-refractivity contribution >= 4 is 17.3 Å². The molecule has 1 N–H and O–H groups in total. The van der Waals surface area contributed by atoms with Crippen molar-refractivity contribution in [1.29, 1.82) is 0 Å². The number of nitrogens with one attached hydrogen (secondary N) is 1. The van der Waals surface area contributed by atoms with Gasteiger partial charge in [-0.3, -0.25) is 9.48 Å². The molecule has 0 spiro atoms. The molecule has 40 heavy (non-hydrogen) atoms. The fourth-order valence-electron chi connectivity index (χ4n) is 4.82. The number of anilines is 2. The van der Waals surface area contributed by atoms with Crippen molar-refractivity contribution in [2.45, 2.75) is 26.9 Å². The summed E-state index contributed by atoms with van der Waals surface area (Å²) in [4.78, 5) is 17.4. The van der Waals surface area contributed by atoms with Crippen LogP contribution in [0.2, 0.25) is 0 Å². The third-order valence-corrected chi connectivity index (χ3v) is 7.52. The van der Waals surface area contributed by atoms with Crippen molar-refractivity contribution in [2.24, 2.45) is 7.05 Å². The summed E-state index contributed by atoms with van der Waals surface area (Å²) in [7, 11) is 3.83. The van der Waals surface area contributed by atoms with Crippen LogP contribution in [0.25, 0.3) is 16.9 Å². The molecule has 0 atom stereocenters. The first-order chi connectivity index (χ1) is 18.9. The van der Waals surface area contributed by atoms with Crippen molar-refractivity contribution < 1.29 is 18.0 Å². The number of carbonyl (C=O) groups excluding carboxylic acids is 1. The molecule has 12 heteroatoms. The Bertz CT molecular complexity index is 1560. The summed E-state index contributed by atoms with van der Waals surface area (Å²) in [6, 6.07) is 7.25. The minimum atomic E-state index is -4.55. The zero-order chi connectivity index (χ0) is 28.8. The number of halogens is 3. The molecule has 0 saturated carbocycles. The molecule has 1 aliphatic rings. The van der Waals surface area contributed by atoms with Crippen LogP contribution in [0.3, 0.4) is 0 Å². The van der Waals surface area contributed by atoms with E-state index in [1.165, 1.54) is 6.07 Å². The third kappa shape index (κ3) is 5.31. The molecule has 1 saturated heterocycles. The van der Waals surface area contributed by atoms with Gasteiger partial charge in [-0.2, -0.15) is 18.3 Å². The van der Waals surface area contributed by atoms with Crippen LogP contribution in [0.4, 0.5) is 24.5 Å². The first-order valence-electron chi connectivity index (χ1n) is 12.9. The number of rotatable bonds is 5. The molecule has 1 amide bonds. The highest BCUT2D eigenvalue weighted by molar-refractivity contribution is 6.05. The Morgan fingerprint density at radius 3 is 2.35 bits per heavy atom. The molecule has 0 bridgehead atoms. The van der Waals surface area contributed by atoms with E-state index in [0.717, 1.165) is 36.0 Å². The summed E-state index contributed by atoms with van der Waals surface area (Å²) in [5.41, 5.74) is 4.58. The predicted molar refractivity (Wildman–Crippen MR) is 147 cm³/mol. The quantitative estimate of drug-likeness (QED) is 0.389. The predicted octanol–water partition coefficient (Wildman–Crippen LogP) is 4.62. The largest absolute Gasteiger partial charge is 0.416 e. The molecule has 5 rings (SSSR count). The topological polar surface area (TPSA) is 84.1 Å². The molecule has 2 aromatic carbocycles. The van der Waals surface area contributed by atoms with Gasteiger partial charge in [0.05, 0.1) is 23.6 Å². The Morgan fingerprint density at radius 1 is 0.975 bits per heavy atom. The molecule has 0 aliphatic carbocycles. The number of amides is 1. The van der Waals surface area contributed by atoms with Crippen LogP contribution in [0.15, 0.2) is 42.7 Å². The monoisotopic (exact) mass is 552 g/mol. The van der Waals surface area contributed by atoms with Gasteiger partial charge in [0.2, 0.25) is 0 Å². The Morgan fingerprint density at radius 2 is 1.70 bits per heavy atom. The Kier molecular flexibility index (Phi) is 7.13. The molecule has 210 valence electrons. The van der Waals surface area contributed by atoms with E-state index < -0.39 is 17.6 Å². The van der Waals surface area contributed by atoms with E-state index in [9.17, 15) is 18.0 Å². The van der Waals surface area contributed by atoms with Gasteiger partial charge >= 0.3 is 6.18 Å². The number of benzene rings is 2. The number of alkyl halides is 3. The van der Waals surface area contributed by atoms with E-state index in [1.807, 2.05) is 32.8 Å². The standard InChI is InChI=1S/C28H31F3N8O/c1-17-6-7-20(12-25(17)39-16-24(34-35-39)22-15-32-37(5)19(22)3)27(40)33-23-13-21(28(29,30)31)14-26(18(23)2)38-10-8-36(4)9-11-38/h6-7,12-16H,8-11H2,1-5H3,(H,33,40). The fourth-order valence-corrected chi connectivity index (χ4v) is 4.82. The van der Waals surface area contributed by atoms with Crippen LogP contribution in [0.5, 0.6) is 0 Å². The summed E-state index contributed by atoms with van der Waals surface area (Å²) < 4.78 is 44.9. The number of aromatic nitrogens is 5. The second-order valence-corrected chi connectivity index (χ2v) is 10.2. The summed E-state index contributed by atoms with van der Waals surface area (Å²) in [6.07, 6.45) is -1.08. The third-order valence-electron chi connectivity index (χ3n) is 7.52. The smallest absolute Gasteiger partial charge is 0.369 e. The maximum absolute atomic E-state index is 13.8. The van der Waals surface area contributed by atoms with E-state index in [0.29, 0.717) is 35.7 Å². The minimum Gasteiger partial charge on any atom is -0.369 e. The van der Waals surface area contributed by atoms with Gasteiger partial charge in [0, 0.05) is 61.4 Å². The Balaban J connectivity index is 1.45. The number of nitrogens with zero attached hydrogens (tertiary/aromatic N) is 7. The van der Waals surface area contributed by atoms with Crippen LogP contribution >= 0.6 is 0 Å².